The van der Waals surface area contributed by atoms with Gasteiger partial charge in [-0.2, -0.15) is 4.99 Å². The molecule has 1 aromatic heterocycles. The van der Waals surface area contributed by atoms with Gasteiger partial charge < -0.3 is 9.30 Å². The van der Waals surface area contributed by atoms with Gasteiger partial charge in [0.15, 0.2) is 4.80 Å². The Balaban J connectivity index is 2.15. The third-order valence-electron chi connectivity index (χ3n) is 3.89. The molecular weight excluding hydrogens is 404 g/mol. The summed E-state index contributed by atoms with van der Waals surface area (Å²) in [5.41, 5.74) is 0.0322. The summed E-state index contributed by atoms with van der Waals surface area (Å²) in [6.07, 6.45) is 0. The van der Waals surface area contributed by atoms with Crippen molar-refractivity contribution < 1.29 is 24.2 Å². The van der Waals surface area contributed by atoms with Gasteiger partial charge in [0.25, 0.3) is 17.3 Å². The first-order chi connectivity index (χ1) is 13.8. The molecule has 2 aromatic carbocycles. The number of carbonyl (C=O) groups excluding carboxylic acids is 2. The van der Waals surface area contributed by atoms with Crippen LogP contribution in [0.5, 0.6) is 0 Å². The number of thiazole rings is 1. The fraction of sp³-hybridized carbons (Fsp3) is 0.118. The highest BCUT2D eigenvalue weighted by molar-refractivity contribution is 7.16. The smallest absolute Gasteiger partial charge is 0.325 e. The second kappa shape index (κ2) is 7.98. The Hall–Kier alpha value is -3.93. The van der Waals surface area contributed by atoms with E-state index in [1.165, 1.54) is 48.1 Å². The Morgan fingerprint density at radius 3 is 2.45 bits per heavy atom. The average Bonchev–Trinajstić information content (AvgIpc) is 3.03. The quantitative estimate of drug-likeness (QED) is 0.352. The molecule has 148 valence electrons. The fourth-order valence-corrected chi connectivity index (χ4v) is 3.57. The first kappa shape index (κ1) is 19.8. The van der Waals surface area contributed by atoms with Gasteiger partial charge >= 0.3 is 5.97 Å². The number of hydrogen-bond donors (Lipinski definition) is 0. The van der Waals surface area contributed by atoms with Crippen molar-refractivity contribution in [1.82, 2.24) is 4.57 Å². The van der Waals surface area contributed by atoms with E-state index in [1.54, 1.807) is 0 Å². The second-order valence-electron chi connectivity index (χ2n) is 5.68. The zero-order valence-electron chi connectivity index (χ0n) is 14.8. The largest absolute Gasteiger partial charge is 0.468 e. The second-order valence-corrected chi connectivity index (χ2v) is 6.69. The van der Waals surface area contributed by atoms with E-state index in [0.717, 1.165) is 17.4 Å². The molecule has 3 aromatic rings. The molecule has 0 spiro atoms. The van der Waals surface area contributed by atoms with Crippen molar-refractivity contribution in [2.45, 2.75) is 6.54 Å². The molecule has 11 nitrogen and oxygen atoms in total. The molecule has 0 atom stereocenters. The monoisotopic (exact) mass is 416 g/mol. The number of aromatic nitrogens is 1. The number of fused-ring (bicyclic) bond motifs is 1. The summed E-state index contributed by atoms with van der Waals surface area (Å²) < 4.78 is 6.49. The third kappa shape index (κ3) is 4.16. The van der Waals surface area contributed by atoms with Crippen LogP contribution in [0.25, 0.3) is 10.2 Å². The Bertz CT molecular complexity index is 1230. The molecule has 0 N–H and O–H groups in total. The number of ether oxygens (including phenoxy) is 1. The fourth-order valence-electron chi connectivity index (χ4n) is 2.51. The van der Waals surface area contributed by atoms with E-state index >= 15 is 0 Å². The van der Waals surface area contributed by atoms with E-state index in [9.17, 15) is 29.8 Å². The number of benzene rings is 2. The van der Waals surface area contributed by atoms with E-state index in [4.69, 9.17) is 0 Å². The lowest BCUT2D eigenvalue weighted by atomic mass is 10.2. The first-order valence-electron chi connectivity index (χ1n) is 7.98. The maximum absolute atomic E-state index is 12.5. The predicted molar refractivity (Wildman–Crippen MR) is 101 cm³/mol. The number of methoxy groups -OCH3 is 1. The lowest BCUT2D eigenvalue weighted by Gasteiger charge is -2.03. The first-order valence-corrected chi connectivity index (χ1v) is 8.80. The van der Waals surface area contributed by atoms with E-state index < -0.39 is 21.7 Å². The zero-order chi connectivity index (χ0) is 21.1. The number of nitro groups is 2. The maximum atomic E-state index is 12.5. The predicted octanol–water partition coefficient (Wildman–Crippen LogP) is 2.43. The van der Waals surface area contributed by atoms with E-state index in [0.29, 0.717) is 10.2 Å². The Kier molecular flexibility index (Phi) is 5.45. The number of nitro benzene ring substituents is 2. The molecule has 0 radical (unpaired) electrons. The van der Waals surface area contributed by atoms with Gasteiger partial charge in [0.05, 0.1) is 27.2 Å². The summed E-state index contributed by atoms with van der Waals surface area (Å²) in [7, 11) is 1.20. The molecule has 0 saturated heterocycles. The zero-order valence-corrected chi connectivity index (χ0v) is 15.6. The lowest BCUT2D eigenvalue weighted by Crippen LogP contribution is -2.22. The number of carbonyl (C=O) groups is 2. The van der Waals surface area contributed by atoms with Gasteiger partial charge in [-0.25, -0.2) is 0 Å². The number of hydrogen-bond acceptors (Lipinski definition) is 8. The summed E-state index contributed by atoms with van der Waals surface area (Å²) in [5.74, 6) is -1.36. The van der Waals surface area contributed by atoms with Crippen LogP contribution in [0.15, 0.2) is 47.5 Å². The Morgan fingerprint density at radius 2 is 1.79 bits per heavy atom. The summed E-state index contributed by atoms with van der Waals surface area (Å²) in [6, 6.07) is 9.10. The third-order valence-corrected chi connectivity index (χ3v) is 4.93. The van der Waals surface area contributed by atoms with Crippen molar-refractivity contribution in [3.8, 4) is 0 Å². The van der Waals surface area contributed by atoms with Crippen LogP contribution < -0.4 is 4.80 Å². The minimum atomic E-state index is -0.756. The number of non-ortho nitro benzene ring substituents is 2. The molecule has 0 aliphatic carbocycles. The van der Waals surface area contributed by atoms with Gasteiger partial charge in [0.2, 0.25) is 0 Å². The van der Waals surface area contributed by atoms with Crippen LogP contribution in [0, 0.1) is 20.2 Å². The highest BCUT2D eigenvalue weighted by Gasteiger charge is 2.16. The van der Waals surface area contributed by atoms with Gasteiger partial charge in [-0.05, 0) is 12.1 Å². The number of amides is 1. The van der Waals surface area contributed by atoms with Crippen molar-refractivity contribution in [3.05, 3.63) is 73.1 Å². The van der Waals surface area contributed by atoms with Crippen molar-refractivity contribution in [3.63, 3.8) is 0 Å². The molecule has 0 bridgehead atoms. The molecule has 1 amide bonds. The van der Waals surface area contributed by atoms with Gasteiger partial charge in [-0.15, -0.1) is 0 Å². The molecule has 29 heavy (non-hydrogen) atoms. The summed E-state index contributed by atoms with van der Waals surface area (Å²) in [5, 5.41) is 21.9. The normalized spacial score (nSPS) is 11.4. The average molecular weight is 416 g/mol. The van der Waals surface area contributed by atoms with E-state index in [2.05, 4.69) is 9.73 Å². The summed E-state index contributed by atoms with van der Waals surface area (Å²) in [4.78, 5) is 49.1. The lowest BCUT2D eigenvalue weighted by molar-refractivity contribution is -0.385. The molecule has 0 aliphatic rings. The molecular formula is C17H12N4O7S. The van der Waals surface area contributed by atoms with Crippen molar-refractivity contribution >= 4 is 44.8 Å². The van der Waals surface area contributed by atoms with Crippen LogP contribution in [0.3, 0.4) is 0 Å². The molecule has 0 fully saturated rings. The number of rotatable bonds is 5. The highest BCUT2D eigenvalue weighted by Crippen LogP contribution is 2.23. The van der Waals surface area contributed by atoms with E-state index in [1.807, 2.05) is 0 Å². The molecule has 3 rings (SSSR count). The summed E-state index contributed by atoms with van der Waals surface area (Å²) in [6.45, 7) is -0.268. The number of esters is 1. The minimum absolute atomic E-state index is 0.00717. The van der Waals surface area contributed by atoms with Crippen LogP contribution in [0.4, 0.5) is 11.4 Å². The standard InChI is InChI=1S/C17H12N4O7S/c1-28-15(22)9-19-13-6-5-12(21(26)27)8-14(13)29-17(19)18-16(23)10-3-2-4-11(7-10)20(24)25/h2-8H,9H2,1H3. The van der Waals surface area contributed by atoms with Crippen molar-refractivity contribution in [1.29, 1.82) is 0 Å². The molecule has 0 unspecified atom stereocenters. The van der Waals surface area contributed by atoms with Crippen LogP contribution in [0.2, 0.25) is 0 Å². The van der Waals surface area contributed by atoms with Crippen LogP contribution in [0.1, 0.15) is 10.4 Å². The van der Waals surface area contributed by atoms with Gasteiger partial charge in [-0.1, -0.05) is 17.4 Å². The molecule has 0 saturated carbocycles. The maximum Gasteiger partial charge on any atom is 0.325 e. The van der Waals surface area contributed by atoms with Crippen molar-refractivity contribution in [2.24, 2.45) is 4.99 Å². The van der Waals surface area contributed by atoms with Crippen LogP contribution in [-0.4, -0.2) is 33.4 Å². The molecule has 0 aliphatic heterocycles. The van der Waals surface area contributed by atoms with Crippen LogP contribution >= 0.6 is 11.3 Å². The Morgan fingerprint density at radius 1 is 1.10 bits per heavy atom. The highest BCUT2D eigenvalue weighted by atomic mass is 32.1. The van der Waals surface area contributed by atoms with E-state index in [-0.39, 0.29) is 28.3 Å². The SMILES string of the molecule is COC(=O)Cn1c(=NC(=O)c2cccc([N+](=O)[O-])c2)sc2cc([N+](=O)[O-])ccc21. The summed E-state index contributed by atoms with van der Waals surface area (Å²) >= 11 is 0.971. The van der Waals surface area contributed by atoms with Crippen molar-refractivity contribution in [2.75, 3.05) is 7.11 Å². The molecule has 1 heterocycles. The topological polar surface area (TPSA) is 147 Å². The van der Waals surface area contributed by atoms with Gasteiger partial charge in [0.1, 0.15) is 6.54 Å². The number of nitrogens with zero attached hydrogens (tertiary/aromatic N) is 4. The van der Waals surface area contributed by atoms with Crippen LogP contribution in [-0.2, 0) is 16.1 Å². The Labute approximate surface area is 165 Å². The molecule has 12 heteroatoms. The van der Waals surface area contributed by atoms with Gasteiger partial charge in [-0.3, -0.25) is 29.8 Å². The minimum Gasteiger partial charge on any atom is -0.468 e. The van der Waals surface area contributed by atoms with Gasteiger partial charge in [0, 0.05) is 29.8 Å².